The van der Waals surface area contributed by atoms with Crippen LogP contribution in [0.15, 0.2) is 41.0 Å². The fraction of sp³-hybridized carbons (Fsp3) is 0.333. The first-order chi connectivity index (χ1) is 9.72. The van der Waals surface area contributed by atoms with E-state index in [9.17, 15) is 4.79 Å². The van der Waals surface area contributed by atoms with Crippen molar-refractivity contribution in [3.8, 4) is 5.75 Å². The van der Waals surface area contributed by atoms with Crippen molar-refractivity contribution in [3.63, 3.8) is 0 Å². The summed E-state index contributed by atoms with van der Waals surface area (Å²) in [6.07, 6.45) is 2.94. The Hall–Kier alpha value is -1.62. The van der Waals surface area contributed by atoms with Crippen molar-refractivity contribution in [1.29, 1.82) is 0 Å². The highest BCUT2D eigenvalue weighted by Crippen LogP contribution is 2.18. The molecule has 0 amide bonds. The van der Waals surface area contributed by atoms with Crippen molar-refractivity contribution >= 4 is 21.7 Å². The maximum absolute atomic E-state index is 12.2. The van der Waals surface area contributed by atoms with Gasteiger partial charge in [0.2, 0.25) is 0 Å². The quantitative estimate of drug-likeness (QED) is 0.724. The second kappa shape index (κ2) is 7.24. The van der Waals surface area contributed by atoms with Gasteiger partial charge in [-0.05, 0) is 34.5 Å². The Labute approximate surface area is 126 Å². The van der Waals surface area contributed by atoms with Gasteiger partial charge in [0.05, 0.1) is 17.3 Å². The summed E-state index contributed by atoms with van der Waals surface area (Å²) in [6, 6.07) is 9.50. The summed E-state index contributed by atoms with van der Waals surface area (Å²) in [5.74, 6) is 0.820. The van der Waals surface area contributed by atoms with Crippen LogP contribution in [0.3, 0.4) is 0 Å². The third-order valence-corrected chi connectivity index (χ3v) is 3.42. The molecule has 2 rings (SSSR count). The zero-order chi connectivity index (χ0) is 14.4. The Bertz CT molecular complexity index is 567. The van der Waals surface area contributed by atoms with Crippen LogP contribution in [0.2, 0.25) is 0 Å². The average molecular weight is 337 g/mol. The third kappa shape index (κ3) is 3.70. The van der Waals surface area contributed by atoms with E-state index in [1.807, 2.05) is 30.3 Å². The topological polar surface area (TPSA) is 44.1 Å². The highest BCUT2D eigenvalue weighted by molar-refractivity contribution is 9.10. The van der Waals surface area contributed by atoms with Crippen molar-refractivity contribution in [1.82, 2.24) is 9.78 Å². The molecule has 1 aromatic carbocycles. The zero-order valence-electron chi connectivity index (χ0n) is 11.4. The molecule has 0 aliphatic heterocycles. The summed E-state index contributed by atoms with van der Waals surface area (Å²) >= 11 is 3.38. The molecule has 5 heteroatoms. The molecular formula is C15H17BrN2O2. The van der Waals surface area contributed by atoms with Crippen LogP contribution >= 0.6 is 15.9 Å². The van der Waals surface area contributed by atoms with Gasteiger partial charge < -0.3 is 4.74 Å². The minimum absolute atomic E-state index is 0.0405. The smallest absolute Gasteiger partial charge is 0.185 e. The number of ketones is 1. The van der Waals surface area contributed by atoms with E-state index in [0.717, 1.165) is 23.2 Å². The molecule has 4 nitrogen and oxygen atoms in total. The number of halogens is 1. The molecule has 20 heavy (non-hydrogen) atoms. The van der Waals surface area contributed by atoms with E-state index < -0.39 is 0 Å². The van der Waals surface area contributed by atoms with Crippen LogP contribution in [-0.4, -0.2) is 22.2 Å². The Morgan fingerprint density at radius 1 is 1.35 bits per heavy atom. The summed E-state index contributed by atoms with van der Waals surface area (Å²) in [5.41, 5.74) is 0.628. The summed E-state index contributed by atoms with van der Waals surface area (Å²) in [6.45, 7) is 3.17. The number of rotatable bonds is 7. The molecule has 0 saturated heterocycles. The number of nitrogens with zero attached hydrogens (tertiary/aromatic N) is 2. The van der Waals surface area contributed by atoms with Crippen LogP contribution in [-0.2, 0) is 6.54 Å². The number of aryl methyl sites for hydroxylation is 1. The predicted molar refractivity (Wildman–Crippen MR) is 81.1 cm³/mol. The largest absolute Gasteiger partial charge is 0.493 e. The van der Waals surface area contributed by atoms with E-state index in [2.05, 4.69) is 28.0 Å². The molecule has 0 spiro atoms. The van der Waals surface area contributed by atoms with E-state index in [1.165, 1.54) is 0 Å². The lowest BCUT2D eigenvalue weighted by atomic mass is 10.2. The summed E-state index contributed by atoms with van der Waals surface area (Å²) in [5, 5.41) is 4.20. The van der Waals surface area contributed by atoms with Gasteiger partial charge >= 0.3 is 0 Å². The van der Waals surface area contributed by atoms with Gasteiger partial charge in [-0.3, -0.25) is 9.48 Å². The lowest BCUT2D eigenvalue weighted by Gasteiger charge is -2.07. The lowest BCUT2D eigenvalue weighted by molar-refractivity contribution is 0.0950. The standard InChI is InChI=1S/C15H17BrN2O2/c1-2-9-18-15(13(16)11-17-18)14(19)8-10-20-12-6-4-3-5-7-12/h3-7,11H,2,8-10H2,1H3. The highest BCUT2D eigenvalue weighted by Gasteiger charge is 2.16. The van der Waals surface area contributed by atoms with Crippen LogP contribution in [0.25, 0.3) is 0 Å². The first kappa shape index (κ1) is 14.8. The van der Waals surface area contributed by atoms with Crippen LogP contribution < -0.4 is 4.74 Å². The van der Waals surface area contributed by atoms with Crippen molar-refractivity contribution in [3.05, 3.63) is 46.7 Å². The summed E-state index contributed by atoms with van der Waals surface area (Å²) in [7, 11) is 0. The van der Waals surface area contributed by atoms with Gasteiger partial charge in [-0.2, -0.15) is 5.10 Å². The fourth-order valence-corrected chi connectivity index (χ4v) is 2.44. The van der Waals surface area contributed by atoms with Crippen molar-refractivity contribution in [2.24, 2.45) is 0 Å². The molecule has 0 aliphatic rings. The predicted octanol–water partition coefficient (Wildman–Crippen LogP) is 3.71. The first-order valence-electron chi connectivity index (χ1n) is 6.64. The van der Waals surface area contributed by atoms with Gasteiger partial charge in [0.25, 0.3) is 0 Å². The molecular weight excluding hydrogens is 320 g/mol. The SMILES string of the molecule is CCCn1ncc(Br)c1C(=O)CCOc1ccccc1. The van der Waals surface area contributed by atoms with Crippen LogP contribution in [0, 0.1) is 0 Å². The molecule has 0 bridgehead atoms. The van der Waals surface area contributed by atoms with Gasteiger partial charge in [0.15, 0.2) is 5.78 Å². The third-order valence-electron chi connectivity index (χ3n) is 2.84. The molecule has 0 saturated carbocycles. The van der Waals surface area contributed by atoms with E-state index >= 15 is 0 Å². The van der Waals surface area contributed by atoms with Crippen LogP contribution in [0.1, 0.15) is 30.3 Å². The molecule has 106 valence electrons. The zero-order valence-corrected chi connectivity index (χ0v) is 13.0. The Kier molecular flexibility index (Phi) is 5.35. The molecule has 1 aromatic heterocycles. The number of benzene rings is 1. The number of hydrogen-bond acceptors (Lipinski definition) is 3. The van der Waals surface area contributed by atoms with E-state index in [4.69, 9.17) is 4.74 Å². The van der Waals surface area contributed by atoms with E-state index in [-0.39, 0.29) is 5.78 Å². The highest BCUT2D eigenvalue weighted by atomic mass is 79.9. The number of para-hydroxylation sites is 1. The molecule has 0 N–H and O–H groups in total. The molecule has 0 fully saturated rings. The van der Waals surface area contributed by atoms with E-state index in [0.29, 0.717) is 18.7 Å². The maximum Gasteiger partial charge on any atom is 0.185 e. The average Bonchev–Trinajstić information content (AvgIpc) is 2.81. The number of ether oxygens (including phenoxy) is 1. The molecule has 0 atom stereocenters. The second-order valence-electron chi connectivity index (χ2n) is 4.40. The molecule has 1 heterocycles. The molecule has 2 aromatic rings. The van der Waals surface area contributed by atoms with Gasteiger partial charge in [-0.15, -0.1) is 0 Å². The Morgan fingerprint density at radius 3 is 2.80 bits per heavy atom. The summed E-state index contributed by atoms with van der Waals surface area (Å²) in [4.78, 5) is 12.2. The molecule has 0 radical (unpaired) electrons. The minimum Gasteiger partial charge on any atom is -0.493 e. The minimum atomic E-state index is 0.0405. The van der Waals surface area contributed by atoms with Crippen LogP contribution in [0.5, 0.6) is 5.75 Å². The number of carbonyl (C=O) groups is 1. The second-order valence-corrected chi connectivity index (χ2v) is 5.25. The van der Waals surface area contributed by atoms with Gasteiger partial charge in [0, 0.05) is 13.0 Å². The van der Waals surface area contributed by atoms with Gasteiger partial charge in [0.1, 0.15) is 11.4 Å². The van der Waals surface area contributed by atoms with Crippen molar-refractivity contribution in [2.45, 2.75) is 26.3 Å². The van der Waals surface area contributed by atoms with Gasteiger partial charge in [-0.1, -0.05) is 25.1 Å². The van der Waals surface area contributed by atoms with Crippen molar-refractivity contribution < 1.29 is 9.53 Å². The van der Waals surface area contributed by atoms with Crippen molar-refractivity contribution in [2.75, 3.05) is 6.61 Å². The number of carbonyl (C=O) groups excluding carboxylic acids is 1. The molecule has 0 unspecified atom stereocenters. The van der Waals surface area contributed by atoms with E-state index in [1.54, 1.807) is 10.9 Å². The molecule has 0 aliphatic carbocycles. The first-order valence-corrected chi connectivity index (χ1v) is 7.44. The van der Waals surface area contributed by atoms with Crippen LogP contribution in [0.4, 0.5) is 0 Å². The number of aromatic nitrogens is 2. The Balaban J connectivity index is 1.93. The summed E-state index contributed by atoms with van der Waals surface area (Å²) < 4.78 is 8.04. The Morgan fingerprint density at radius 2 is 2.10 bits per heavy atom. The number of hydrogen-bond donors (Lipinski definition) is 0. The van der Waals surface area contributed by atoms with Gasteiger partial charge in [-0.25, -0.2) is 0 Å². The normalized spacial score (nSPS) is 10.5. The lowest BCUT2D eigenvalue weighted by Crippen LogP contribution is -2.13. The maximum atomic E-state index is 12.2. The fourth-order valence-electron chi connectivity index (χ4n) is 1.92. The number of Topliss-reactive ketones (excluding diaryl/α,β-unsaturated/α-hetero) is 1. The monoisotopic (exact) mass is 336 g/mol.